The minimum Gasteiger partial charge on any atom is -0.382 e. The van der Waals surface area contributed by atoms with Crippen molar-refractivity contribution in [1.82, 2.24) is 0 Å². The lowest BCUT2D eigenvalue weighted by molar-refractivity contribution is 0.100. The molecule has 1 aromatic carbocycles. The van der Waals surface area contributed by atoms with Crippen molar-refractivity contribution in [3.63, 3.8) is 0 Å². The first kappa shape index (κ1) is 13.2. The van der Waals surface area contributed by atoms with Crippen LogP contribution >= 0.6 is 11.6 Å². The number of amides is 1. The summed E-state index contributed by atoms with van der Waals surface area (Å²) in [4.78, 5) is 11.2. The van der Waals surface area contributed by atoms with E-state index in [0.29, 0.717) is 16.6 Å². The van der Waals surface area contributed by atoms with Gasteiger partial charge in [0.25, 0.3) is 0 Å². The molecule has 0 spiro atoms. The molecular formula is C14H19ClN2O. The molecule has 1 saturated carbocycles. The number of nitrogens with one attached hydrogen (secondary N) is 1. The van der Waals surface area contributed by atoms with Gasteiger partial charge in [0.1, 0.15) is 0 Å². The van der Waals surface area contributed by atoms with Crippen molar-refractivity contribution in [3.8, 4) is 0 Å². The number of anilines is 1. The van der Waals surface area contributed by atoms with Crippen molar-refractivity contribution < 1.29 is 4.79 Å². The van der Waals surface area contributed by atoms with E-state index in [2.05, 4.69) is 12.2 Å². The second kappa shape index (κ2) is 5.61. The van der Waals surface area contributed by atoms with Gasteiger partial charge in [0.05, 0.1) is 10.6 Å². The van der Waals surface area contributed by atoms with E-state index in [9.17, 15) is 4.79 Å². The summed E-state index contributed by atoms with van der Waals surface area (Å²) in [5.41, 5.74) is 6.59. The summed E-state index contributed by atoms with van der Waals surface area (Å²) in [5, 5.41) is 3.87. The molecule has 18 heavy (non-hydrogen) atoms. The number of rotatable bonds is 4. The molecule has 0 aliphatic heterocycles. The van der Waals surface area contributed by atoms with Crippen LogP contribution in [0.2, 0.25) is 5.02 Å². The molecule has 98 valence electrons. The molecule has 0 heterocycles. The first-order chi connectivity index (χ1) is 8.60. The Hall–Kier alpha value is -1.22. The van der Waals surface area contributed by atoms with Crippen LogP contribution in [0.15, 0.2) is 18.2 Å². The zero-order valence-corrected chi connectivity index (χ0v) is 11.3. The van der Waals surface area contributed by atoms with Gasteiger partial charge >= 0.3 is 0 Å². The van der Waals surface area contributed by atoms with Gasteiger partial charge in [0, 0.05) is 11.7 Å². The fourth-order valence-corrected chi connectivity index (χ4v) is 2.83. The number of carbonyl (C=O) groups is 1. The molecule has 0 aromatic heterocycles. The summed E-state index contributed by atoms with van der Waals surface area (Å²) in [5.74, 6) is 0.340. The van der Waals surface area contributed by atoms with Gasteiger partial charge in [-0.2, -0.15) is 0 Å². The van der Waals surface area contributed by atoms with Gasteiger partial charge in [-0.15, -0.1) is 0 Å². The summed E-state index contributed by atoms with van der Waals surface area (Å²) in [6.45, 7) is 2.24. The van der Waals surface area contributed by atoms with Crippen molar-refractivity contribution in [2.45, 2.75) is 38.6 Å². The third-order valence-corrected chi connectivity index (χ3v) is 4.05. The molecule has 0 saturated heterocycles. The summed E-state index contributed by atoms with van der Waals surface area (Å²) in [6, 6.07) is 5.85. The Morgan fingerprint density at radius 1 is 1.50 bits per heavy atom. The highest BCUT2D eigenvalue weighted by molar-refractivity contribution is 6.33. The molecule has 1 aromatic rings. The first-order valence-electron chi connectivity index (χ1n) is 6.46. The van der Waals surface area contributed by atoms with Gasteiger partial charge < -0.3 is 11.1 Å². The third kappa shape index (κ3) is 2.96. The van der Waals surface area contributed by atoms with Gasteiger partial charge in [-0.3, -0.25) is 4.79 Å². The minimum absolute atomic E-state index is 0.381. The smallest absolute Gasteiger partial charge is 0.250 e. The molecule has 3 N–H and O–H groups in total. The third-order valence-electron chi connectivity index (χ3n) is 3.72. The molecular weight excluding hydrogens is 248 g/mol. The molecule has 0 radical (unpaired) electrons. The normalized spacial score (nSPS) is 23.0. The SMILES string of the molecule is CCC1CCC(Nc2ccc(Cl)c(C(N)=O)c2)C1. The molecule has 2 rings (SSSR count). The summed E-state index contributed by atoms with van der Waals surface area (Å²) in [7, 11) is 0. The average molecular weight is 267 g/mol. The largest absolute Gasteiger partial charge is 0.382 e. The monoisotopic (exact) mass is 266 g/mol. The van der Waals surface area contributed by atoms with Gasteiger partial charge in [-0.1, -0.05) is 24.9 Å². The molecule has 1 aliphatic rings. The van der Waals surface area contributed by atoms with Crippen LogP contribution in [0, 0.1) is 5.92 Å². The van der Waals surface area contributed by atoms with E-state index in [1.807, 2.05) is 6.07 Å². The Bertz CT molecular complexity index is 447. The first-order valence-corrected chi connectivity index (χ1v) is 6.83. The summed E-state index contributed by atoms with van der Waals surface area (Å²) in [6.07, 6.45) is 4.91. The zero-order chi connectivity index (χ0) is 13.1. The topological polar surface area (TPSA) is 55.1 Å². The van der Waals surface area contributed by atoms with Crippen molar-refractivity contribution in [3.05, 3.63) is 28.8 Å². The standard InChI is InChI=1S/C14H19ClN2O/c1-2-9-3-4-10(7-9)17-11-5-6-13(15)12(8-11)14(16)18/h5-6,8-10,17H,2-4,7H2,1H3,(H2,16,18). The molecule has 0 bridgehead atoms. The Labute approximate surface area is 113 Å². The molecule has 1 aliphatic carbocycles. The van der Waals surface area contributed by atoms with Crippen molar-refractivity contribution in [2.24, 2.45) is 11.7 Å². The average Bonchev–Trinajstić information content (AvgIpc) is 2.79. The van der Waals surface area contributed by atoms with Gasteiger partial charge in [0.2, 0.25) is 5.91 Å². The van der Waals surface area contributed by atoms with Gasteiger partial charge in [-0.05, 0) is 43.4 Å². The summed E-state index contributed by atoms with van der Waals surface area (Å²) >= 11 is 5.92. The van der Waals surface area contributed by atoms with E-state index in [0.717, 1.165) is 11.6 Å². The predicted molar refractivity (Wildman–Crippen MR) is 75.0 cm³/mol. The highest BCUT2D eigenvalue weighted by atomic mass is 35.5. The van der Waals surface area contributed by atoms with E-state index < -0.39 is 5.91 Å². The molecule has 1 fully saturated rings. The maximum absolute atomic E-state index is 11.2. The number of hydrogen-bond acceptors (Lipinski definition) is 2. The molecule has 1 amide bonds. The Morgan fingerprint density at radius 2 is 2.28 bits per heavy atom. The lowest BCUT2D eigenvalue weighted by atomic mass is 10.1. The number of carbonyl (C=O) groups excluding carboxylic acids is 1. The Balaban J connectivity index is 2.06. The van der Waals surface area contributed by atoms with E-state index >= 15 is 0 Å². The lowest BCUT2D eigenvalue weighted by Crippen LogP contribution is -2.17. The van der Waals surface area contributed by atoms with E-state index in [4.69, 9.17) is 17.3 Å². The highest BCUT2D eigenvalue weighted by Gasteiger charge is 2.23. The van der Waals surface area contributed by atoms with Gasteiger partial charge in [-0.25, -0.2) is 0 Å². The predicted octanol–water partition coefficient (Wildman–Crippen LogP) is 3.43. The van der Waals surface area contributed by atoms with Crippen LogP contribution in [0.25, 0.3) is 0 Å². The second-order valence-corrected chi connectivity index (χ2v) is 5.39. The molecule has 2 unspecified atom stereocenters. The fraction of sp³-hybridized carbons (Fsp3) is 0.500. The van der Waals surface area contributed by atoms with E-state index in [1.165, 1.54) is 25.7 Å². The van der Waals surface area contributed by atoms with Crippen molar-refractivity contribution in [1.29, 1.82) is 0 Å². The number of benzene rings is 1. The maximum atomic E-state index is 11.2. The maximum Gasteiger partial charge on any atom is 0.250 e. The van der Waals surface area contributed by atoms with Crippen LogP contribution < -0.4 is 11.1 Å². The van der Waals surface area contributed by atoms with Crippen LogP contribution in [-0.4, -0.2) is 11.9 Å². The van der Waals surface area contributed by atoms with E-state index in [1.54, 1.807) is 12.1 Å². The highest BCUT2D eigenvalue weighted by Crippen LogP contribution is 2.30. The van der Waals surface area contributed by atoms with Crippen LogP contribution in [-0.2, 0) is 0 Å². The number of hydrogen-bond donors (Lipinski definition) is 2. The van der Waals surface area contributed by atoms with E-state index in [-0.39, 0.29) is 0 Å². The van der Waals surface area contributed by atoms with Crippen LogP contribution in [0.4, 0.5) is 5.69 Å². The summed E-state index contributed by atoms with van der Waals surface area (Å²) < 4.78 is 0. The fourth-order valence-electron chi connectivity index (χ4n) is 2.62. The zero-order valence-electron chi connectivity index (χ0n) is 10.6. The van der Waals surface area contributed by atoms with Crippen LogP contribution in [0.1, 0.15) is 43.0 Å². The van der Waals surface area contributed by atoms with Gasteiger partial charge in [0.15, 0.2) is 0 Å². The molecule has 2 atom stereocenters. The quantitative estimate of drug-likeness (QED) is 0.877. The van der Waals surface area contributed by atoms with Crippen LogP contribution in [0.5, 0.6) is 0 Å². The number of primary amides is 1. The molecule has 3 nitrogen and oxygen atoms in total. The number of nitrogens with two attached hydrogens (primary N) is 1. The van der Waals surface area contributed by atoms with Crippen molar-refractivity contribution in [2.75, 3.05) is 5.32 Å². The Morgan fingerprint density at radius 3 is 2.89 bits per heavy atom. The second-order valence-electron chi connectivity index (χ2n) is 4.99. The number of halogens is 1. The Kier molecular flexibility index (Phi) is 4.12. The van der Waals surface area contributed by atoms with Crippen LogP contribution in [0.3, 0.4) is 0 Å². The lowest BCUT2D eigenvalue weighted by Gasteiger charge is -2.15. The molecule has 4 heteroatoms. The minimum atomic E-state index is -0.485. The van der Waals surface area contributed by atoms with Crippen molar-refractivity contribution >= 4 is 23.2 Å².